The number of ether oxygens (including phenoxy) is 2. The molecule has 0 bridgehead atoms. The zero-order valence-corrected chi connectivity index (χ0v) is 29.0. The Morgan fingerprint density at radius 2 is 1.48 bits per heavy atom. The fraction of sp³-hybridized carbons (Fsp3) is 0.366. The van der Waals surface area contributed by atoms with E-state index in [4.69, 9.17) is 14.7 Å². The van der Waals surface area contributed by atoms with E-state index in [0.29, 0.717) is 32.2 Å². The minimum absolute atomic E-state index is 0.000763. The van der Waals surface area contributed by atoms with E-state index in [1.165, 1.54) is 5.56 Å². The summed E-state index contributed by atoms with van der Waals surface area (Å²) < 4.78 is 13.2. The van der Waals surface area contributed by atoms with Gasteiger partial charge in [-0.1, -0.05) is 110 Å². The van der Waals surface area contributed by atoms with Crippen LogP contribution in [0.4, 0.5) is 0 Å². The minimum Gasteiger partial charge on any atom is -0.392 e. The topological polar surface area (TPSA) is 120 Å². The summed E-state index contributed by atoms with van der Waals surface area (Å²) in [5.41, 5.74) is 8.81. The molecule has 264 valence electrons. The summed E-state index contributed by atoms with van der Waals surface area (Å²) in [6.45, 7) is 3.36. The molecule has 0 radical (unpaired) electrons. The van der Waals surface area contributed by atoms with Crippen LogP contribution in [-0.4, -0.2) is 46.7 Å². The molecule has 0 spiro atoms. The van der Waals surface area contributed by atoms with Crippen LogP contribution >= 0.6 is 0 Å². The first kappa shape index (κ1) is 36.9. The number of carbonyl (C=O) groups excluding carboxylic acids is 2. The van der Waals surface area contributed by atoms with E-state index in [-0.39, 0.29) is 37.2 Å². The molecule has 4 aromatic carbocycles. The molecule has 1 heterocycles. The number of benzene rings is 4. The SMILES string of the molecule is C[C@@H](c1ccccc1)N(C)C[C@H]1C[C@@H](c2ccc(CO)cc2)O[C@@H](c2ccc(-c3ccccc3CNC(=O)CCCCCC(=O)NO)cc2)O1. The van der Waals surface area contributed by atoms with Crippen LogP contribution < -0.4 is 10.8 Å². The lowest BCUT2D eigenvalue weighted by molar-refractivity contribution is -0.253. The maximum atomic E-state index is 12.5. The highest BCUT2D eigenvalue weighted by molar-refractivity contribution is 5.76. The normalized spacial score (nSPS) is 18.1. The van der Waals surface area contributed by atoms with Crippen molar-refractivity contribution in [2.75, 3.05) is 13.6 Å². The fourth-order valence-corrected chi connectivity index (χ4v) is 6.36. The van der Waals surface area contributed by atoms with Crippen molar-refractivity contribution in [3.8, 4) is 11.1 Å². The first-order valence-corrected chi connectivity index (χ1v) is 17.5. The predicted octanol–water partition coefficient (Wildman–Crippen LogP) is 7.16. The second-order valence-electron chi connectivity index (χ2n) is 13.0. The molecule has 0 unspecified atom stereocenters. The number of aliphatic hydroxyl groups excluding tert-OH is 1. The lowest BCUT2D eigenvalue weighted by Crippen LogP contribution is -2.38. The third-order valence-corrected chi connectivity index (χ3v) is 9.47. The van der Waals surface area contributed by atoms with Gasteiger partial charge in [-0.25, -0.2) is 5.48 Å². The van der Waals surface area contributed by atoms with Crippen molar-refractivity contribution in [2.45, 2.75) is 83.1 Å². The molecule has 5 rings (SSSR count). The summed E-state index contributed by atoms with van der Waals surface area (Å²) in [5, 5.41) is 21.2. The highest BCUT2D eigenvalue weighted by atomic mass is 16.7. The van der Waals surface area contributed by atoms with Crippen molar-refractivity contribution >= 4 is 11.8 Å². The Morgan fingerprint density at radius 3 is 2.18 bits per heavy atom. The number of hydroxylamine groups is 1. The molecular weight excluding hydrogens is 630 g/mol. The van der Waals surface area contributed by atoms with Crippen molar-refractivity contribution in [3.63, 3.8) is 0 Å². The Bertz CT molecular complexity index is 1650. The van der Waals surface area contributed by atoms with Crippen LogP contribution in [0.1, 0.15) is 91.7 Å². The summed E-state index contributed by atoms with van der Waals surface area (Å²) in [6.07, 6.45) is 2.57. The van der Waals surface area contributed by atoms with E-state index in [1.54, 1.807) is 5.48 Å². The van der Waals surface area contributed by atoms with Crippen LogP contribution in [0.5, 0.6) is 0 Å². The standard InChI is InChI=1S/C41H49N3O6/c1-29(31-11-5-3-6-12-31)44(2)27-36-25-38(33-19-17-30(28-45)18-20-33)50-41(49-36)34-23-21-32(22-24-34)37-14-10-9-13-35(37)26-42-39(46)15-7-4-8-16-40(47)43-48/h3,5-6,9-14,17-24,29,36,38,41,45,48H,4,7-8,15-16,25-28H2,1-2H3,(H,42,46)(H,43,47)/t29-,36+,38-,41-/m0/s1. The first-order chi connectivity index (χ1) is 24.3. The molecule has 2 amide bonds. The average Bonchev–Trinajstić information content (AvgIpc) is 3.17. The van der Waals surface area contributed by atoms with E-state index in [9.17, 15) is 14.7 Å². The van der Waals surface area contributed by atoms with Gasteiger partial charge < -0.3 is 19.9 Å². The van der Waals surface area contributed by atoms with Crippen LogP contribution in [0.15, 0.2) is 103 Å². The highest BCUT2D eigenvalue weighted by Gasteiger charge is 2.33. The molecule has 4 aromatic rings. The fourth-order valence-electron chi connectivity index (χ4n) is 6.36. The summed E-state index contributed by atoms with van der Waals surface area (Å²) in [6, 6.07) is 35.0. The van der Waals surface area contributed by atoms with Crippen LogP contribution in [-0.2, 0) is 32.2 Å². The van der Waals surface area contributed by atoms with Gasteiger partial charge in [-0.15, -0.1) is 0 Å². The molecule has 1 fully saturated rings. The number of hydrogen-bond acceptors (Lipinski definition) is 7. The Labute approximate surface area is 295 Å². The molecule has 0 aromatic heterocycles. The van der Waals surface area contributed by atoms with Gasteiger partial charge in [-0.3, -0.25) is 19.7 Å². The van der Waals surface area contributed by atoms with Gasteiger partial charge >= 0.3 is 0 Å². The molecule has 0 aliphatic carbocycles. The van der Waals surface area contributed by atoms with Gasteiger partial charge in [0.15, 0.2) is 6.29 Å². The second-order valence-corrected chi connectivity index (χ2v) is 13.0. The molecule has 4 atom stereocenters. The van der Waals surface area contributed by atoms with Crippen molar-refractivity contribution in [2.24, 2.45) is 0 Å². The smallest absolute Gasteiger partial charge is 0.243 e. The summed E-state index contributed by atoms with van der Waals surface area (Å²) in [7, 11) is 2.13. The Morgan fingerprint density at radius 1 is 0.820 bits per heavy atom. The van der Waals surface area contributed by atoms with E-state index in [1.807, 2.05) is 48.5 Å². The number of likely N-dealkylation sites (N-methyl/N-ethyl adjacent to an activating group) is 1. The second kappa shape index (κ2) is 18.6. The molecular formula is C41H49N3O6. The monoisotopic (exact) mass is 679 g/mol. The lowest BCUT2D eigenvalue weighted by Gasteiger charge is -2.39. The van der Waals surface area contributed by atoms with Gasteiger partial charge in [0.2, 0.25) is 11.8 Å². The zero-order valence-electron chi connectivity index (χ0n) is 29.0. The Kier molecular flexibility index (Phi) is 13.7. The Balaban J connectivity index is 1.25. The maximum absolute atomic E-state index is 12.5. The molecule has 4 N–H and O–H groups in total. The van der Waals surface area contributed by atoms with E-state index >= 15 is 0 Å². The number of aliphatic hydroxyl groups is 1. The molecule has 1 aliphatic rings. The van der Waals surface area contributed by atoms with Crippen molar-refractivity contribution < 1.29 is 29.4 Å². The van der Waals surface area contributed by atoms with E-state index in [2.05, 4.69) is 78.8 Å². The van der Waals surface area contributed by atoms with Crippen LogP contribution in [0.25, 0.3) is 11.1 Å². The summed E-state index contributed by atoms with van der Waals surface area (Å²) >= 11 is 0. The van der Waals surface area contributed by atoms with Gasteiger partial charge in [0.05, 0.1) is 18.8 Å². The predicted molar refractivity (Wildman–Crippen MR) is 193 cm³/mol. The third-order valence-electron chi connectivity index (χ3n) is 9.47. The van der Waals surface area contributed by atoms with Gasteiger partial charge in [-0.05, 0) is 60.2 Å². The van der Waals surface area contributed by atoms with Crippen molar-refractivity contribution in [3.05, 3.63) is 131 Å². The summed E-state index contributed by atoms with van der Waals surface area (Å²) in [5.74, 6) is -0.444. The number of unbranched alkanes of at least 4 members (excludes halogenated alkanes) is 2. The van der Waals surface area contributed by atoms with Crippen LogP contribution in [0.3, 0.4) is 0 Å². The number of rotatable bonds is 16. The third kappa shape index (κ3) is 10.3. The quantitative estimate of drug-likeness (QED) is 0.0564. The van der Waals surface area contributed by atoms with Gasteiger partial charge in [0, 0.05) is 44.0 Å². The number of nitrogens with zero attached hydrogens (tertiary/aromatic N) is 1. The lowest BCUT2D eigenvalue weighted by atomic mass is 9.97. The van der Waals surface area contributed by atoms with E-state index < -0.39 is 12.2 Å². The van der Waals surface area contributed by atoms with Gasteiger partial charge in [0.1, 0.15) is 0 Å². The van der Waals surface area contributed by atoms with Crippen molar-refractivity contribution in [1.29, 1.82) is 0 Å². The number of amides is 2. The summed E-state index contributed by atoms with van der Waals surface area (Å²) in [4.78, 5) is 26.0. The van der Waals surface area contributed by atoms with E-state index in [0.717, 1.165) is 46.3 Å². The Hall–Kier alpha value is -4.38. The molecule has 1 saturated heterocycles. The van der Waals surface area contributed by atoms with Crippen LogP contribution in [0.2, 0.25) is 0 Å². The molecule has 0 saturated carbocycles. The zero-order chi connectivity index (χ0) is 35.3. The molecule has 50 heavy (non-hydrogen) atoms. The van der Waals surface area contributed by atoms with Crippen molar-refractivity contribution in [1.82, 2.24) is 15.7 Å². The maximum Gasteiger partial charge on any atom is 0.243 e. The number of hydrogen-bond donors (Lipinski definition) is 4. The van der Waals surface area contributed by atoms with Crippen LogP contribution in [0, 0.1) is 0 Å². The minimum atomic E-state index is -0.557. The van der Waals surface area contributed by atoms with Gasteiger partial charge in [0.25, 0.3) is 0 Å². The number of carbonyl (C=O) groups is 2. The average molecular weight is 680 g/mol. The number of nitrogens with one attached hydrogen (secondary N) is 2. The molecule has 1 aliphatic heterocycles. The largest absolute Gasteiger partial charge is 0.392 e. The van der Waals surface area contributed by atoms with Gasteiger partial charge in [-0.2, -0.15) is 0 Å². The first-order valence-electron chi connectivity index (χ1n) is 17.5. The molecule has 9 heteroatoms. The highest BCUT2D eigenvalue weighted by Crippen LogP contribution is 2.39. The molecule has 9 nitrogen and oxygen atoms in total.